The van der Waals surface area contributed by atoms with Crippen LogP contribution in [0.5, 0.6) is 0 Å². The topological polar surface area (TPSA) is 111 Å². The van der Waals surface area contributed by atoms with Gasteiger partial charge in [-0.3, -0.25) is 19.7 Å². The molecule has 0 fully saturated rings. The quantitative estimate of drug-likeness (QED) is 0.361. The Hall–Kier alpha value is -2.51. The van der Waals surface area contributed by atoms with Crippen molar-refractivity contribution in [3.63, 3.8) is 0 Å². The lowest BCUT2D eigenvalue weighted by Crippen LogP contribution is -2.18. The number of pyridine rings is 1. The second-order valence-corrected chi connectivity index (χ2v) is 3.19. The molecule has 8 nitrogen and oxygen atoms in total. The number of nitrogens with zero attached hydrogens (tertiary/aromatic N) is 2. The van der Waals surface area contributed by atoms with E-state index in [0.29, 0.717) is 0 Å². The molecule has 1 amide bonds. The number of amides is 1. The van der Waals surface area contributed by atoms with Gasteiger partial charge in [-0.15, -0.1) is 0 Å². The van der Waals surface area contributed by atoms with Gasteiger partial charge in [0.1, 0.15) is 18.4 Å². The second-order valence-electron chi connectivity index (χ2n) is 3.19. The zero-order valence-electron chi connectivity index (χ0n) is 9.58. The molecule has 1 aromatic heterocycles. The van der Waals surface area contributed by atoms with Gasteiger partial charge in [-0.25, -0.2) is 4.98 Å². The highest BCUT2D eigenvalue weighted by Gasteiger charge is 2.11. The number of carbonyl (C=O) groups excluding carboxylic acids is 2. The van der Waals surface area contributed by atoms with Crippen molar-refractivity contribution in [3.8, 4) is 0 Å². The SMILES string of the molecule is CCOC(=O)CC(=O)Nc1ccc([N+](=O)[O-])cn1. The molecule has 0 aliphatic rings. The Morgan fingerprint density at radius 2 is 2.22 bits per heavy atom. The molecular weight excluding hydrogens is 242 g/mol. The van der Waals surface area contributed by atoms with Crippen molar-refractivity contribution >= 4 is 23.4 Å². The van der Waals surface area contributed by atoms with Crippen molar-refractivity contribution in [3.05, 3.63) is 28.4 Å². The van der Waals surface area contributed by atoms with E-state index in [1.807, 2.05) is 0 Å². The minimum Gasteiger partial charge on any atom is -0.466 e. The summed E-state index contributed by atoms with van der Waals surface area (Å²) < 4.78 is 4.59. The average molecular weight is 253 g/mol. The van der Waals surface area contributed by atoms with E-state index >= 15 is 0 Å². The number of nitro groups is 1. The summed E-state index contributed by atoms with van der Waals surface area (Å²) in [5, 5.41) is 12.7. The Bertz CT molecular complexity index is 457. The lowest BCUT2D eigenvalue weighted by Gasteiger charge is -2.03. The molecule has 0 atom stereocenters. The van der Waals surface area contributed by atoms with E-state index in [1.165, 1.54) is 12.1 Å². The Labute approximate surface area is 102 Å². The Morgan fingerprint density at radius 3 is 2.72 bits per heavy atom. The number of nitrogens with one attached hydrogen (secondary N) is 1. The lowest BCUT2D eigenvalue weighted by molar-refractivity contribution is -0.385. The average Bonchev–Trinajstić information content (AvgIpc) is 2.29. The third-order valence-electron chi connectivity index (χ3n) is 1.84. The fraction of sp³-hybridized carbons (Fsp3) is 0.300. The lowest BCUT2D eigenvalue weighted by atomic mass is 10.3. The highest BCUT2D eigenvalue weighted by atomic mass is 16.6. The fourth-order valence-electron chi connectivity index (χ4n) is 1.10. The van der Waals surface area contributed by atoms with Crippen molar-refractivity contribution in [2.24, 2.45) is 0 Å². The smallest absolute Gasteiger partial charge is 0.315 e. The monoisotopic (exact) mass is 253 g/mol. The van der Waals surface area contributed by atoms with Gasteiger partial charge in [-0.05, 0) is 13.0 Å². The summed E-state index contributed by atoms with van der Waals surface area (Å²) >= 11 is 0. The normalized spacial score (nSPS) is 9.61. The van der Waals surface area contributed by atoms with Crippen molar-refractivity contribution in [2.75, 3.05) is 11.9 Å². The van der Waals surface area contributed by atoms with E-state index in [-0.39, 0.29) is 18.1 Å². The number of esters is 1. The van der Waals surface area contributed by atoms with Crippen molar-refractivity contribution in [1.29, 1.82) is 0 Å². The van der Waals surface area contributed by atoms with E-state index in [1.54, 1.807) is 6.92 Å². The van der Waals surface area contributed by atoms with E-state index in [2.05, 4.69) is 15.0 Å². The Morgan fingerprint density at radius 1 is 1.50 bits per heavy atom. The molecule has 18 heavy (non-hydrogen) atoms. The van der Waals surface area contributed by atoms with Gasteiger partial charge in [0.05, 0.1) is 11.5 Å². The third kappa shape index (κ3) is 4.16. The molecule has 1 N–H and O–H groups in total. The van der Waals surface area contributed by atoms with Gasteiger partial charge in [0.2, 0.25) is 5.91 Å². The van der Waals surface area contributed by atoms with Gasteiger partial charge >= 0.3 is 5.97 Å². The molecule has 1 aromatic rings. The molecule has 0 saturated heterocycles. The summed E-state index contributed by atoms with van der Waals surface area (Å²) in [5.74, 6) is -1.10. The van der Waals surface area contributed by atoms with Gasteiger partial charge in [0.25, 0.3) is 5.69 Å². The maximum Gasteiger partial charge on any atom is 0.315 e. The molecule has 1 rings (SSSR count). The molecule has 96 valence electrons. The van der Waals surface area contributed by atoms with Gasteiger partial charge in [0, 0.05) is 6.07 Å². The minimum absolute atomic E-state index is 0.134. The first-order valence-corrected chi connectivity index (χ1v) is 5.09. The standard InChI is InChI=1S/C10H11N3O5/c1-2-18-10(15)5-9(14)12-8-4-3-7(6-11-8)13(16)17/h3-4,6H,2,5H2,1H3,(H,11,12,14). The van der Waals surface area contributed by atoms with Crippen molar-refractivity contribution in [2.45, 2.75) is 13.3 Å². The van der Waals surface area contributed by atoms with Gasteiger partial charge in [-0.1, -0.05) is 0 Å². The largest absolute Gasteiger partial charge is 0.466 e. The zero-order chi connectivity index (χ0) is 13.5. The van der Waals surface area contributed by atoms with E-state index < -0.39 is 23.2 Å². The molecule has 1 heterocycles. The predicted molar refractivity (Wildman–Crippen MR) is 60.8 cm³/mol. The maximum absolute atomic E-state index is 11.3. The van der Waals surface area contributed by atoms with E-state index in [9.17, 15) is 19.7 Å². The Kier molecular flexibility index (Phi) is 4.73. The first-order valence-electron chi connectivity index (χ1n) is 5.09. The second kappa shape index (κ2) is 6.28. The number of hydrogen-bond acceptors (Lipinski definition) is 6. The number of aromatic nitrogens is 1. The predicted octanol–water partition coefficient (Wildman–Crippen LogP) is 0.881. The van der Waals surface area contributed by atoms with Gasteiger partial charge in [-0.2, -0.15) is 0 Å². The van der Waals surface area contributed by atoms with Crippen LogP contribution in [-0.4, -0.2) is 28.4 Å². The summed E-state index contributed by atoms with van der Waals surface area (Å²) in [7, 11) is 0. The summed E-state index contributed by atoms with van der Waals surface area (Å²) in [6.45, 7) is 1.83. The van der Waals surface area contributed by atoms with Gasteiger partial charge < -0.3 is 10.1 Å². The molecule has 0 radical (unpaired) electrons. The van der Waals surface area contributed by atoms with Crippen LogP contribution in [0.1, 0.15) is 13.3 Å². The highest BCUT2D eigenvalue weighted by molar-refractivity contribution is 6.01. The third-order valence-corrected chi connectivity index (χ3v) is 1.84. The molecule has 0 spiro atoms. The number of ether oxygens (including phenoxy) is 1. The van der Waals surface area contributed by atoms with Gasteiger partial charge in [0.15, 0.2) is 0 Å². The molecule has 0 aromatic carbocycles. The van der Waals surface area contributed by atoms with E-state index in [4.69, 9.17) is 0 Å². The maximum atomic E-state index is 11.3. The molecule has 0 unspecified atom stereocenters. The number of anilines is 1. The molecule has 0 aliphatic carbocycles. The fourth-order valence-corrected chi connectivity index (χ4v) is 1.10. The van der Waals surface area contributed by atoms with Crippen LogP contribution in [0, 0.1) is 10.1 Å². The summed E-state index contributed by atoms with van der Waals surface area (Å²) in [6, 6.07) is 2.48. The number of hydrogen-bond donors (Lipinski definition) is 1. The van der Waals surface area contributed by atoms with Crippen LogP contribution < -0.4 is 5.32 Å². The van der Waals surface area contributed by atoms with Crippen LogP contribution >= 0.6 is 0 Å². The van der Waals surface area contributed by atoms with Crippen LogP contribution in [0.2, 0.25) is 0 Å². The summed E-state index contributed by atoms with van der Waals surface area (Å²) in [5.41, 5.74) is -0.182. The Balaban J connectivity index is 2.54. The van der Waals surface area contributed by atoms with Crippen LogP contribution in [-0.2, 0) is 14.3 Å². The molecule has 0 aliphatic heterocycles. The van der Waals surface area contributed by atoms with Crippen molar-refractivity contribution < 1.29 is 19.2 Å². The van der Waals surface area contributed by atoms with Crippen LogP contribution in [0.4, 0.5) is 11.5 Å². The summed E-state index contributed by atoms with van der Waals surface area (Å²) in [4.78, 5) is 35.8. The number of rotatable bonds is 5. The molecule has 0 saturated carbocycles. The minimum atomic E-state index is -0.642. The first kappa shape index (κ1) is 13.6. The number of carbonyl (C=O) groups is 2. The summed E-state index contributed by atoms with van der Waals surface area (Å²) in [6.07, 6.45) is 0.590. The van der Waals surface area contributed by atoms with Crippen LogP contribution in [0.25, 0.3) is 0 Å². The molecule has 0 bridgehead atoms. The first-order chi connectivity index (χ1) is 8.52. The van der Waals surface area contributed by atoms with Crippen LogP contribution in [0.15, 0.2) is 18.3 Å². The molecular formula is C10H11N3O5. The molecule has 8 heteroatoms. The highest BCUT2D eigenvalue weighted by Crippen LogP contribution is 2.11. The zero-order valence-corrected chi connectivity index (χ0v) is 9.58. The van der Waals surface area contributed by atoms with Crippen LogP contribution in [0.3, 0.4) is 0 Å². The van der Waals surface area contributed by atoms with Crippen molar-refractivity contribution in [1.82, 2.24) is 4.98 Å². The van der Waals surface area contributed by atoms with E-state index in [0.717, 1.165) is 6.20 Å².